The molecule has 2 aromatic rings. The second-order valence-electron chi connectivity index (χ2n) is 4.46. The van der Waals surface area contributed by atoms with Gasteiger partial charge in [0.05, 0.1) is 23.4 Å². The van der Waals surface area contributed by atoms with Crippen LogP contribution < -0.4 is 9.46 Å². The van der Waals surface area contributed by atoms with Gasteiger partial charge in [-0.15, -0.1) is 0 Å². The largest absolute Gasteiger partial charge is 0.481 e. The van der Waals surface area contributed by atoms with Gasteiger partial charge in [0.2, 0.25) is 17.5 Å². The number of rotatable bonds is 6. The number of ether oxygens (including phenoxy) is 1. The number of aromatic nitrogens is 2. The molecular formula is C13H9Cl2F2N3O4S. The molecule has 12 heteroatoms. The van der Waals surface area contributed by atoms with Gasteiger partial charge < -0.3 is 4.74 Å². The minimum Gasteiger partial charge on any atom is -0.481 e. The van der Waals surface area contributed by atoms with Crippen molar-refractivity contribution in [3.8, 4) is 5.88 Å². The number of carbonyl (C=O) groups is 1. The Hall–Kier alpha value is -2.04. The number of nitrogens with zero attached hydrogens (tertiary/aromatic N) is 2. The Morgan fingerprint density at radius 2 is 1.96 bits per heavy atom. The smallest absolute Gasteiger partial charge is 0.355 e. The van der Waals surface area contributed by atoms with Crippen LogP contribution in [-0.4, -0.2) is 37.0 Å². The summed E-state index contributed by atoms with van der Waals surface area (Å²) in [5.41, 5.74) is -0.849. The molecule has 0 bridgehead atoms. The van der Waals surface area contributed by atoms with E-state index < -0.39 is 33.1 Å². The number of anilines is 1. The maximum atomic E-state index is 12.6. The third-order valence-electron chi connectivity index (χ3n) is 2.82. The van der Waals surface area contributed by atoms with E-state index in [1.807, 2.05) is 0 Å². The van der Waals surface area contributed by atoms with E-state index in [0.717, 1.165) is 0 Å². The lowest BCUT2D eigenvalue weighted by molar-refractivity contribution is 0.102. The molecule has 0 saturated carbocycles. The highest BCUT2D eigenvalue weighted by molar-refractivity contribution is 7.93. The Bertz CT molecular complexity index is 925. The highest BCUT2D eigenvalue weighted by Gasteiger charge is 2.28. The number of alkyl halides is 2. The van der Waals surface area contributed by atoms with Crippen molar-refractivity contribution < 1.29 is 26.7 Å². The number of sulfonamides is 1. The molecule has 2 rings (SSSR count). The molecule has 0 atom stereocenters. The van der Waals surface area contributed by atoms with Gasteiger partial charge in [-0.3, -0.25) is 9.52 Å². The Kier molecular flexibility index (Phi) is 5.76. The predicted molar refractivity (Wildman–Crippen MR) is 87.0 cm³/mol. The van der Waals surface area contributed by atoms with Crippen molar-refractivity contribution in [2.24, 2.45) is 0 Å². The fourth-order valence-electron chi connectivity index (χ4n) is 1.73. The van der Waals surface area contributed by atoms with Crippen LogP contribution in [0.1, 0.15) is 16.2 Å². The fourth-order valence-corrected chi connectivity index (χ4v) is 2.77. The lowest BCUT2D eigenvalue weighted by Crippen LogP contribution is -2.22. The van der Waals surface area contributed by atoms with Gasteiger partial charge in [0, 0.05) is 6.07 Å². The molecule has 7 nitrogen and oxygen atoms in total. The van der Waals surface area contributed by atoms with Crippen molar-refractivity contribution in [1.82, 2.24) is 9.97 Å². The number of hydrogen-bond acceptors (Lipinski definition) is 6. The topological polar surface area (TPSA) is 98.2 Å². The van der Waals surface area contributed by atoms with E-state index >= 15 is 0 Å². The average Bonchev–Trinajstić information content (AvgIpc) is 2.55. The van der Waals surface area contributed by atoms with Crippen LogP contribution in [0.4, 0.5) is 14.5 Å². The van der Waals surface area contributed by atoms with Crippen LogP contribution in [0.15, 0.2) is 24.3 Å². The molecule has 134 valence electrons. The quantitative estimate of drug-likeness (QED) is 0.579. The van der Waals surface area contributed by atoms with Crippen LogP contribution in [0, 0.1) is 0 Å². The first-order valence-corrected chi connectivity index (χ1v) is 8.67. The Balaban J connectivity index is 2.55. The molecule has 0 aliphatic carbocycles. The predicted octanol–water partition coefficient (Wildman–Crippen LogP) is 2.99. The number of halogens is 4. The lowest BCUT2D eigenvalue weighted by Gasteiger charge is -2.13. The minimum atomic E-state index is -5.04. The van der Waals surface area contributed by atoms with Gasteiger partial charge in [-0.1, -0.05) is 29.3 Å². The number of para-hydroxylation sites is 1. The molecule has 0 fully saturated rings. The molecule has 0 aliphatic rings. The lowest BCUT2D eigenvalue weighted by atomic mass is 10.1. The summed E-state index contributed by atoms with van der Waals surface area (Å²) < 4.78 is 54.5. The number of methoxy groups -OCH3 is 1. The number of benzene rings is 1. The zero-order chi connectivity index (χ0) is 18.8. The zero-order valence-corrected chi connectivity index (χ0v) is 14.7. The maximum absolute atomic E-state index is 12.6. The summed E-state index contributed by atoms with van der Waals surface area (Å²) in [6.45, 7) is 0. The Morgan fingerprint density at radius 3 is 2.56 bits per heavy atom. The molecule has 0 spiro atoms. The third kappa shape index (κ3) is 4.33. The summed E-state index contributed by atoms with van der Waals surface area (Å²) in [6, 6.07) is 4.98. The van der Waals surface area contributed by atoms with Crippen LogP contribution in [-0.2, 0) is 10.0 Å². The van der Waals surface area contributed by atoms with Gasteiger partial charge in [-0.05, 0) is 12.1 Å². The summed E-state index contributed by atoms with van der Waals surface area (Å²) >= 11 is 11.6. The van der Waals surface area contributed by atoms with E-state index in [9.17, 15) is 22.0 Å². The second-order valence-corrected chi connectivity index (χ2v) is 6.90. The van der Waals surface area contributed by atoms with Crippen LogP contribution in [0.5, 0.6) is 5.88 Å². The normalized spacial score (nSPS) is 11.4. The van der Waals surface area contributed by atoms with Crippen LogP contribution in [0.2, 0.25) is 10.2 Å². The van der Waals surface area contributed by atoms with Gasteiger partial charge in [0.1, 0.15) is 5.15 Å². The molecular weight excluding hydrogens is 403 g/mol. The monoisotopic (exact) mass is 411 g/mol. The van der Waals surface area contributed by atoms with Crippen molar-refractivity contribution in [1.29, 1.82) is 0 Å². The molecule has 1 heterocycles. The van der Waals surface area contributed by atoms with Crippen molar-refractivity contribution in [3.63, 3.8) is 0 Å². The highest BCUT2D eigenvalue weighted by Crippen LogP contribution is 2.30. The molecule has 0 aliphatic heterocycles. The summed E-state index contributed by atoms with van der Waals surface area (Å²) in [4.78, 5) is 20.1. The van der Waals surface area contributed by atoms with Crippen LogP contribution >= 0.6 is 23.2 Å². The molecule has 0 amide bonds. The van der Waals surface area contributed by atoms with E-state index in [2.05, 4.69) is 9.97 Å². The fraction of sp³-hybridized carbons (Fsp3) is 0.154. The number of carbonyl (C=O) groups excluding carboxylic acids is 1. The number of ketones is 1. The van der Waals surface area contributed by atoms with E-state index in [0.29, 0.717) is 0 Å². The van der Waals surface area contributed by atoms with Crippen molar-refractivity contribution in [2.45, 2.75) is 5.76 Å². The van der Waals surface area contributed by atoms with Crippen LogP contribution in [0.3, 0.4) is 0 Å². The van der Waals surface area contributed by atoms with Gasteiger partial charge in [-0.2, -0.15) is 13.8 Å². The number of nitrogens with one attached hydrogen (secondary N) is 1. The third-order valence-corrected chi connectivity index (χ3v) is 4.29. The molecule has 1 N–H and O–H groups in total. The second kappa shape index (κ2) is 7.46. The van der Waals surface area contributed by atoms with Crippen LogP contribution in [0.25, 0.3) is 0 Å². The van der Waals surface area contributed by atoms with Crippen molar-refractivity contribution in [2.75, 3.05) is 11.8 Å². The zero-order valence-electron chi connectivity index (χ0n) is 12.3. The first kappa shape index (κ1) is 19.3. The SMILES string of the molecule is COc1cc(Cl)nc(C(=O)c2cccc(Cl)c2NS(=O)(=O)C(F)F)n1. The first-order chi connectivity index (χ1) is 11.7. The molecule has 25 heavy (non-hydrogen) atoms. The summed E-state index contributed by atoms with van der Waals surface area (Å²) in [5.74, 6) is -5.05. The van der Waals surface area contributed by atoms with Crippen molar-refractivity contribution in [3.05, 3.63) is 45.8 Å². The van der Waals surface area contributed by atoms with Gasteiger partial charge in [0.15, 0.2) is 0 Å². The maximum Gasteiger partial charge on any atom is 0.355 e. The molecule has 0 radical (unpaired) electrons. The molecule has 1 aromatic carbocycles. The molecule has 0 unspecified atom stereocenters. The highest BCUT2D eigenvalue weighted by atomic mass is 35.5. The first-order valence-electron chi connectivity index (χ1n) is 6.37. The minimum absolute atomic E-state index is 0.0138. The number of hydrogen-bond donors (Lipinski definition) is 1. The molecule has 0 saturated heterocycles. The van der Waals surface area contributed by atoms with E-state index in [-0.39, 0.29) is 21.6 Å². The summed E-state index contributed by atoms with van der Waals surface area (Å²) in [7, 11) is -3.76. The average molecular weight is 412 g/mol. The van der Waals surface area contributed by atoms with Gasteiger partial charge in [0.25, 0.3) is 10.0 Å². The Morgan fingerprint density at radius 1 is 1.28 bits per heavy atom. The van der Waals surface area contributed by atoms with Crippen molar-refractivity contribution >= 4 is 44.7 Å². The van der Waals surface area contributed by atoms with Gasteiger partial charge >= 0.3 is 5.76 Å². The van der Waals surface area contributed by atoms with E-state index in [1.54, 1.807) is 4.72 Å². The summed E-state index contributed by atoms with van der Waals surface area (Å²) in [6.07, 6.45) is 0. The van der Waals surface area contributed by atoms with E-state index in [4.69, 9.17) is 27.9 Å². The standard InChI is InChI=1S/C13H9Cl2F2N3O4S/c1-24-9-5-8(15)18-12(19-9)11(21)6-3-2-4-7(14)10(6)20-25(22,23)13(16)17/h2-5,13,20H,1H3. The van der Waals surface area contributed by atoms with E-state index in [1.165, 1.54) is 31.4 Å². The molecule has 1 aromatic heterocycles. The Labute approximate surface area is 151 Å². The van der Waals surface area contributed by atoms with Gasteiger partial charge in [-0.25, -0.2) is 13.4 Å². The summed E-state index contributed by atoms with van der Waals surface area (Å²) in [5, 5.41) is -0.365.